The molecular formula is C13H16BrN3. The minimum absolute atomic E-state index is 0.849. The maximum absolute atomic E-state index is 4.53. The van der Waals surface area contributed by atoms with Crippen LogP contribution in [0.25, 0.3) is 5.69 Å². The number of nitrogens with zero attached hydrogens (tertiary/aromatic N) is 2. The average Bonchev–Trinajstić information content (AvgIpc) is 2.65. The van der Waals surface area contributed by atoms with Crippen molar-refractivity contribution in [2.45, 2.75) is 20.4 Å². The fraction of sp³-hybridized carbons (Fsp3) is 0.308. The Hall–Kier alpha value is -1.13. The van der Waals surface area contributed by atoms with Gasteiger partial charge in [0.05, 0.1) is 11.4 Å². The van der Waals surface area contributed by atoms with Gasteiger partial charge in [0, 0.05) is 22.8 Å². The lowest BCUT2D eigenvalue weighted by Crippen LogP contribution is -2.05. The van der Waals surface area contributed by atoms with E-state index in [0.717, 1.165) is 22.4 Å². The van der Waals surface area contributed by atoms with Crippen LogP contribution in [0.5, 0.6) is 0 Å². The Balaban J connectivity index is 2.39. The molecule has 17 heavy (non-hydrogen) atoms. The monoisotopic (exact) mass is 293 g/mol. The summed E-state index contributed by atoms with van der Waals surface area (Å²) in [7, 11) is 1.94. The lowest BCUT2D eigenvalue weighted by Gasteiger charge is -2.04. The maximum atomic E-state index is 4.53. The fourth-order valence-electron chi connectivity index (χ4n) is 1.76. The van der Waals surface area contributed by atoms with Crippen LogP contribution < -0.4 is 5.32 Å². The first kappa shape index (κ1) is 12.3. The van der Waals surface area contributed by atoms with E-state index in [-0.39, 0.29) is 0 Å². The van der Waals surface area contributed by atoms with Crippen LogP contribution in [-0.2, 0) is 6.54 Å². The van der Waals surface area contributed by atoms with E-state index in [9.17, 15) is 0 Å². The second kappa shape index (κ2) is 5.02. The van der Waals surface area contributed by atoms with Crippen LogP contribution in [0, 0.1) is 13.8 Å². The standard InChI is InChI=1S/C13H16BrN3/c1-9-6-12(4-5-13(9)14)17-8-11(7-15-3)10(2)16-17/h4-6,8,15H,7H2,1-3H3. The average molecular weight is 294 g/mol. The van der Waals surface area contributed by atoms with E-state index in [0.29, 0.717) is 0 Å². The van der Waals surface area contributed by atoms with Crippen LogP contribution in [0.1, 0.15) is 16.8 Å². The summed E-state index contributed by atoms with van der Waals surface area (Å²) in [6, 6.07) is 6.24. The number of benzene rings is 1. The van der Waals surface area contributed by atoms with Crippen molar-refractivity contribution in [2.75, 3.05) is 7.05 Å². The minimum atomic E-state index is 0.849. The topological polar surface area (TPSA) is 29.9 Å². The zero-order chi connectivity index (χ0) is 12.4. The predicted molar refractivity (Wildman–Crippen MR) is 73.5 cm³/mol. The summed E-state index contributed by atoms with van der Waals surface area (Å²) >= 11 is 3.51. The molecule has 2 rings (SSSR count). The van der Waals surface area contributed by atoms with Crippen LogP contribution in [0.4, 0.5) is 0 Å². The molecule has 0 aliphatic carbocycles. The molecule has 0 bridgehead atoms. The molecule has 3 nitrogen and oxygen atoms in total. The molecule has 0 aliphatic rings. The molecule has 1 aromatic carbocycles. The van der Waals surface area contributed by atoms with Crippen molar-refractivity contribution in [1.29, 1.82) is 0 Å². The van der Waals surface area contributed by atoms with Crippen molar-refractivity contribution < 1.29 is 0 Å². The Labute approximate surface area is 110 Å². The smallest absolute Gasteiger partial charge is 0.0649 e. The van der Waals surface area contributed by atoms with Crippen molar-refractivity contribution in [2.24, 2.45) is 0 Å². The van der Waals surface area contributed by atoms with Crippen molar-refractivity contribution >= 4 is 15.9 Å². The molecule has 0 saturated heterocycles. The van der Waals surface area contributed by atoms with Gasteiger partial charge in [-0.2, -0.15) is 5.10 Å². The van der Waals surface area contributed by atoms with Crippen molar-refractivity contribution in [3.8, 4) is 5.69 Å². The van der Waals surface area contributed by atoms with Gasteiger partial charge < -0.3 is 5.32 Å². The third-order valence-corrected chi connectivity index (χ3v) is 3.66. The van der Waals surface area contributed by atoms with E-state index in [1.165, 1.54) is 11.1 Å². The summed E-state index contributed by atoms with van der Waals surface area (Å²) in [5.74, 6) is 0. The molecule has 0 unspecified atom stereocenters. The molecular weight excluding hydrogens is 278 g/mol. The molecule has 90 valence electrons. The van der Waals surface area contributed by atoms with Crippen LogP contribution in [0.2, 0.25) is 0 Å². The molecule has 1 heterocycles. The highest BCUT2D eigenvalue weighted by molar-refractivity contribution is 9.10. The van der Waals surface area contributed by atoms with Crippen LogP contribution >= 0.6 is 15.9 Å². The lowest BCUT2D eigenvalue weighted by atomic mass is 10.2. The van der Waals surface area contributed by atoms with Crippen LogP contribution in [0.15, 0.2) is 28.9 Å². The summed E-state index contributed by atoms with van der Waals surface area (Å²) in [5, 5.41) is 7.68. The molecule has 0 saturated carbocycles. The minimum Gasteiger partial charge on any atom is -0.316 e. The third-order valence-electron chi connectivity index (χ3n) is 2.77. The summed E-state index contributed by atoms with van der Waals surface area (Å²) in [6.07, 6.45) is 2.08. The molecule has 2 aromatic rings. The summed E-state index contributed by atoms with van der Waals surface area (Å²) < 4.78 is 3.06. The van der Waals surface area contributed by atoms with E-state index >= 15 is 0 Å². The van der Waals surface area contributed by atoms with Gasteiger partial charge in [0.15, 0.2) is 0 Å². The number of nitrogens with one attached hydrogen (secondary N) is 1. The second-order valence-electron chi connectivity index (χ2n) is 4.15. The maximum Gasteiger partial charge on any atom is 0.0649 e. The van der Waals surface area contributed by atoms with E-state index in [1.807, 2.05) is 18.7 Å². The Kier molecular flexibility index (Phi) is 3.64. The van der Waals surface area contributed by atoms with E-state index in [1.54, 1.807) is 0 Å². The Morgan fingerprint density at radius 1 is 1.35 bits per heavy atom. The Morgan fingerprint density at radius 3 is 2.76 bits per heavy atom. The largest absolute Gasteiger partial charge is 0.316 e. The molecule has 0 radical (unpaired) electrons. The van der Waals surface area contributed by atoms with Crippen molar-refractivity contribution in [3.05, 3.63) is 45.7 Å². The van der Waals surface area contributed by atoms with E-state index in [2.05, 4.69) is 57.7 Å². The number of hydrogen-bond donors (Lipinski definition) is 1. The van der Waals surface area contributed by atoms with Gasteiger partial charge in [0.2, 0.25) is 0 Å². The van der Waals surface area contributed by atoms with Gasteiger partial charge in [0.1, 0.15) is 0 Å². The molecule has 1 N–H and O–H groups in total. The molecule has 0 amide bonds. The Bertz CT molecular complexity index is 531. The third kappa shape index (κ3) is 2.58. The molecule has 0 aliphatic heterocycles. The molecule has 0 spiro atoms. The van der Waals surface area contributed by atoms with Gasteiger partial charge in [-0.25, -0.2) is 4.68 Å². The molecule has 0 atom stereocenters. The first-order valence-electron chi connectivity index (χ1n) is 5.58. The van der Waals surface area contributed by atoms with Crippen LogP contribution in [-0.4, -0.2) is 16.8 Å². The van der Waals surface area contributed by atoms with Crippen LogP contribution in [0.3, 0.4) is 0 Å². The predicted octanol–water partition coefficient (Wildman–Crippen LogP) is 2.97. The number of aryl methyl sites for hydroxylation is 2. The summed E-state index contributed by atoms with van der Waals surface area (Å²) in [5.41, 5.74) is 4.61. The van der Waals surface area contributed by atoms with E-state index in [4.69, 9.17) is 0 Å². The van der Waals surface area contributed by atoms with Gasteiger partial charge >= 0.3 is 0 Å². The molecule has 1 aromatic heterocycles. The Morgan fingerprint density at radius 2 is 2.12 bits per heavy atom. The van der Waals surface area contributed by atoms with Gasteiger partial charge in [0.25, 0.3) is 0 Å². The van der Waals surface area contributed by atoms with Gasteiger partial charge in [-0.05, 0) is 44.7 Å². The zero-order valence-electron chi connectivity index (χ0n) is 10.3. The number of aromatic nitrogens is 2. The highest BCUT2D eigenvalue weighted by atomic mass is 79.9. The fourth-order valence-corrected chi connectivity index (χ4v) is 2.01. The highest BCUT2D eigenvalue weighted by Crippen LogP contribution is 2.20. The normalized spacial score (nSPS) is 10.8. The van der Waals surface area contributed by atoms with Crippen molar-refractivity contribution in [1.82, 2.24) is 15.1 Å². The lowest BCUT2D eigenvalue weighted by molar-refractivity contribution is 0.812. The summed E-state index contributed by atoms with van der Waals surface area (Å²) in [4.78, 5) is 0. The number of halogens is 1. The first-order chi connectivity index (χ1) is 8.11. The number of rotatable bonds is 3. The molecule has 4 heteroatoms. The van der Waals surface area contributed by atoms with Gasteiger partial charge in [-0.1, -0.05) is 15.9 Å². The second-order valence-corrected chi connectivity index (χ2v) is 5.00. The SMILES string of the molecule is CNCc1cn(-c2ccc(Br)c(C)c2)nc1C. The zero-order valence-corrected chi connectivity index (χ0v) is 11.9. The number of hydrogen-bond acceptors (Lipinski definition) is 2. The van der Waals surface area contributed by atoms with Crippen molar-refractivity contribution in [3.63, 3.8) is 0 Å². The first-order valence-corrected chi connectivity index (χ1v) is 6.37. The van der Waals surface area contributed by atoms with E-state index < -0.39 is 0 Å². The quantitative estimate of drug-likeness (QED) is 0.943. The highest BCUT2D eigenvalue weighted by Gasteiger charge is 2.06. The van der Waals surface area contributed by atoms with Gasteiger partial charge in [-0.15, -0.1) is 0 Å². The molecule has 0 fully saturated rings. The summed E-state index contributed by atoms with van der Waals surface area (Å²) in [6.45, 7) is 4.97. The van der Waals surface area contributed by atoms with Gasteiger partial charge in [-0.3, -0.25) is 0 Å².